The standard InChI is InChI=1S/C15H14BrCl2NO/c16-12-2-4-13(5-3-12)20-8-7-19-10-11-1-6-14(17)15(18)9-11/h1-6,9,19H,7-8,10H2. The van der Waals surface area contributed by atoms with E-state index < -0.39 is 0 Å². The normalized spacial score (nSPS) is 10.6. The molecule has 0 aliphatic rings. The van der Waals surface area contributed by atoms with Crippen LogP contribution < -0.4 is 10.1 Å². The predicted octanol–water partition coefficient (Wildman–Crippen LogP) is 4.92. The van der Waals surface area contributed by atoms with E-state index in [0.717, 1.165) is 28.9 Å². The molecule has 0 aromatic heterocycles. The molecular formula is C15H14BrCl2NO. The van der Waals surface area contributed by atoms with Crippen LogP contribution in [0.5, 0.6) is 5.75 Å². The van der Waals surface area contributed by atoms with Gasteiger partial charge in [-0.15, -0.1) is 0 Å². The van der Waals surface area contributed by atoms with Crippen LogP contribution in [0.4, 0.5) is 0 Å². The van der Waals surface area contributed by atoms with Gasteiger partial charge in [0.05, 0.1) is 10.0 Å². The molecule has 20 heavy (non-hydrogen) atoms. The number of hydrogen-bond acceptors (Lipinski definition) is 2. The molecule has 2 aromatic rings. The van der Waals surface area contributed by atoms with Crippen molar-refractivity contribution < 1.29 is 4.74 Å². The zero-order chi connectivity index (χ0) is 14.4. The van der Waals surface area contributed by atoms with Crippen molar-refractivity contribution in [2.45, 2.75) is 6.54 Å². The predicted molar refractivity (Wildman–Crippen MR) is 87.8 cm³/mol. The molecule has 0 spiro atoms. The number of hydrogen-bond donors (Lipinski definition) is 1. The van der Waals surface area contributed by atoms with Gasteiger partial charge in [0, 0.05) is 17.6 Å². The maximum Gasteiger partial charge on any atom is 0.119 e. The van der Waals surface area contributed by atoms with E-state index in [4.69, 9.17) is 27.9 Å². The molecule has 2 rings (SSSR count). The topological polar surface area (TPSA) is 21.3 Å². The molecule has 0 aliphatic carbocycles. The van der Waals surface area contributed by atoms with E-state index in [0.29, 0.717) is 16.7 Å². The Hall–Kier alpha value is -0.740. The summed E-state index contributed by atoms with van der Waals surface area (Å²) in [4.78, 5) is 0. The average molecular weight is 375 g/mol. The summed E-state index contributed by atoms with van der Waals surface area (Å²) in [6.07, 6.45) is 0. The van der Waals surface area contributed by atoms with Crippen LogP contribution in [0.15, 0.2) is 46.9 Å². The van der Waals surface area contributed by atoms with Crippen LogP contribution in [-0.4, -0.2) is 13.2 Å². The van der Waals surface area contributed by atoms with Gasteiger partial charge < -0.3 is 10.1 Å². The van der Waals surface area contributed by atoms with Gasteiger partial charge >= 0.3 is 0 Å². The quantitative estimate of drug-likeness (QED) is 0.724. The minimum absolute atomic E-state index is 0.578. The van der Waals surface area contributed by atoms with Crippen molar-refractivity contribution >= 4 is 39.1 Å². The number of ether oxygens (including phenoxy) is 1. The highest BCUT2D eigenvalue weighted by Gasteiger charge is 1.99. The lowest BCUT2D eigenvalue weighted by molar-refractivity contribution is 0.313. The monoisotopic (exact) mass is 373 g/mol. The van der Waals surface area contributed by atoms with Crippen LogP contribution in [0.2, 0.25) is 10.0 Å². The number of nitrogens with one attached hydrogen (secondary N) is 1. The lowest BCUT2D eigenvalue weighted by Gasteiger charge is -2.08. The van der Waals surface area contributed by atoms with Gasteiger partial charge in [-0.3, -0.25) is 0 Å². The van der Waals surface area contributed by atoms with Crippen LogP contribution in [0.25, 0.3) is 0 Å². The van der Waals surface area contributed by atoms with Gasteiger partial charge in [0.15, 0.2) is 0 Å². The van der Waals surface area contributed by atoms with Crippen molar-refractivity contribution in [1.29, 1.82) is 0 Å². The van der Waals surface area contributed by atoms with E-state index in [1.165, 1.54) is 0 Å². The molecule has 2 nitrogen and oxygen atoms in total. The Morgan fingerprint density at radius 1 is 1.00 bits per heavy atom. The first kappa shape index (κ1) is 15.6. The highest BCUT2D eigenvalue weighted by Crippen LogP contribution is 2.22. The number of rotatable bonds is 6. The first-order chi connectivity index (χ1) is 9.65. The largest absolute Gasteiger partial charge is 0.492 e. The minimum atomic E-state index is 0.578. The van der Waals surface area contributed by atoms with Gasteiger partial charge in [-0.2, -0.15) is 0 Å². The molecule has 0 unspecified atom stereocenters. The number of halogens is 3. The molecule has 106 valence electrons. The van der Waals surface area contributed by atoms with Crippen molar-refractivity contribution in [2.75, 3.05) is 13.2 Å². The molecule has 0 heterocycles. The summed E-state index contributed by atoms with van der Waals surface area (Å²) in [5, 5.41) is 4.45. The summed E-state index contributed by atoms with van der Waals surface area (Å²) in [5.74, 6) is 0.865. The first-order valence-corrected chi connectivity index (χ1v) is 7.73. The summed E-state index contributed by atoms with van der Waals surface area (Å²) in [6.45, 7) is 2.11. The molecule has 0 saturated carbocycles. The SMILES string of the molecule is Clc1ccc(CNCCOc2ccc(Br)cc2)cc1Cl. The Balaban J connectivity index is 1.68. The zero-order valence-electron chi connectivity index (χ0n) is 10.7. The molecule has 2 aromatic carbocycles. The Morgan fingerprint density at radius 3 is 2.45 bits per heavy atom. The summed E-state index contributed by atoms with van der Waals surface area (Å²) in [6, 6.07) is 13.4. The van der Waals surface area contributed by atoms with Gasteiger partial charge in [0.25, 0.3) is 0 Å². The second-order valence-electron chi connectivity index (χ2n) is 4.23. The van der Waals surface area contributed by atoms with Crippen molar-refractivity contribution in [3.63, 3.8) is 0 Å². The third-order valence-electron chi connectivity index (χ3n) is 2.67. The second-order valence-corrected chi connectivity index (χ2v) is 5.96. The highest BCUT2D eigenvalue weighted by atomic mass is 79.9. The molecular weight excluding hydrogens is 361 g/mol. The first-order valence-electron chi connectivity index (χ1n) is 6.18. The van der Waals surface area contributed by atoms with Gasteiger partial charge in [0.1, 0.15) is 12.4 Å². The molecule has 0 radical (unpaired) electrons. The maximum atomic E-state index is 5.96. The fraction of sp³-hybridized carbons (Fsp3) is 0.200. The Labute approximate surface area is 137 Å². The molecule has 0 atom stereocenters. The summed E-state index contributed by atoms with van der Waals surface area (Å²) in [7, 11) is 0. The lowest BCUT2D eigenvalue weighted by Crippen LogP contribution is -2.20. The Kier molecular flexibility index (Phi) is 6.17. The van der Waals surface area contributed by atoms with E-state index in [2.05, 4.69) is 21.2 Å². The van der Waals surface area contributed by atoms with Gasteiger partial charge in [-0.1, -0.05) is 45.2 Å². The van der Waals surface area contributed by atoms with Crippen molar-refractivity contribution in [3.05, 3.63) is 62.5 Å². The van der Waals surface area contributed by atoms with E-state index in [-0.39, 0.29) is 0 Å². The van der Waals surface area contributed by atoms with Gasteiger partial charge in [0.2, 0.25) is 0 Å². The summed E-state index contributed by atoms with van der Waals surface area (Å²) in [5.41, 5.74) is 1.10. The summed E-state index contributed by atoms with van der Waals surface area (Å²) >= 11 is 15.2. The van der Waals surface area contributed by atoms with Crippen LogP contribution >= 0.6 is 39.1 Å². The molecule has 1 N–H and O–H groups in total. The maximum absolute atomic E-state index is 5.96. The molecule has 0 saturated heterocycles. The van der Waals surface area contributed by atoms with Gasteiger partial charge in [-0.25, -0.2) is 0 Å². The zero-order valence-corrected chi connectivity index (χ0v) is 13.8. The fourth-order valence-corrected chi connectivity index (χ4v) is 2.24. The van der Waals surface area contributed by atoms with Crippen LogP contribution in [0, 0.1) is 0 Å². The van der Waals surface area contributed by atoms with Crippen molar-refractivity contribution in [1.82, 2.24) is 5.32 Å². The van der Waals surface area contributed by atoms with E-state index in [1.54, 1.807) is 6.07 Å². The van der Waals surface area contributed by atoms with Crippen LogP contribution in [0.3, 0.4) is 0 Å². The van der Waals surface area contributed by atoms with Crippen LogP contribution in [0.1, 0.15) is 5.56 Å². The third-order valence-corrected chi connectivity index (χ3v) is 3.94. The van der Waals surface area contributed by atoms with Crippen molar-refractivity contribution in [2.24, 2.45) is 0 Å². The summed E-state index contributed by atoms with van der Waals surface area (Å²) < 4.78 is 6.66. The average Bonchev–Trinajstić information content (AvgIpc) is 2.44. The van der Waals surface area contributed by atoms with Gasteiger partial charge in [-0.05, 0) is 42.0 Å². The van der Waals surface area contributed by atoms with E-state index in [1.807, 2.05) is 36.4 Å². The Morgan fingerprint density at radius 2 is 1.75 bits per heavy atom. The molecule has 0 amide bonds. The molecule has 0 aliphatic heterocycles. The lowest BCUT2D eigenvalue weighted by atomic mass is 10.2. The second kappa shape index (κ2) is 7.89. The number of benzene rings is 2. The minimum Gasteiger partial charge on any atom is -0.492 e. The molecule has 0 bridgehead atoms. The van der Waals surface area contributed by atoms with E-state index >= 15 is 0 Å². The van der Waals surface area contributed by atoms with Crippen molar-refractivity contribution in [3.8, 4) is 5.75 Å². The van der Waals surface area contributed by atoms with Crippen LogP contribution in [-0.2, 0) is 6.54 Å². The third kappa shape index (κ3) is 4.98. The fourth-order valence-electron chi connectivity index (χ4n) is 1.65. The smallest absolute Gasteiger partial charge is 0.119 e. The highest BCUT2D eigenvalue weighted by molar-refractivity contribution is 9.10. The molecule has 0 fully saturated rings. The molecule has 5 heteroatoms. The van der Waals surface area contributed by atoms with E-state index in [9.17, 15) is 0 Å². The Bertz CT molecular complexity index is 560.